The Bertz CT molecular complexity index is 821. The molecule has 0 aliphatic rings. The molecule has 1 heterocycles. The van der Waals surface area contributed by atoms with Crippen molar-refractivity contribution in [1.29, 1.82) is 0 Å². The fraction of sp³-hybridized carbons (Fsp3) is 0.154. The predicted octanol–water partition coefficient (Wildman–Crippen LogP) is 0.660. The van der Waals surface area contributed by atoms with E-state index >= 15 is 0 Å². The molecule has 0 aliphatic carbocycles. The van der Waals surface area contributed by atoms with Crippen LogP contribution in [0.2, 0.25) is 0 Å². The highest BCUT2D eigenvalue weighted by Gasteiger charge is 2.19. The summed E-state index contributed by atoms with van der Waals surface area (Å²) < 4.78 is 2.52. The fourth-order valence-electron chi connectivity index (χ4n) is 1.83. The van der Waals surface area contributed by atoms with Crippen LogP contribution in [-0.4, -0.2) is 14.9 Å². The molecule has 0 fully saturated rings. The summed E-state index contributed by atoms with van der Waals surface area (Å²) in [6, 6.07) is 4.83. The maximum atomic E-state index is 12.4. The molecule has 104 valence electrons. The minimum absolute atomic E-state index is 0.0825. The van der Waals surface area contributed by atoms with E-state index < -0.39 is 17.0 Å². The number of hydrogen-bond donors (Lipinski definition) is 1. The zero-order chi connectivity index (χ0) is 15.0. The maximum Gasteiger partial charge on any atom is 0.330 e. The molecule has 2 rings (SSSR count). The number of carbonyl (C=O) groups excluding carboxylic acids is 1. The Morgan fingerprint density at radius 2 is 1.85 bits per heavy atom. The molecular formula is C13H12BrN3O3. The number of nitrogens with two attached hydrogens (primary N) is 1. The molecule has 7 heteroatoms. The van der Waals surface area contributed by atoms with E-state index in [1.807, 2.05) is 0 Å². The molecule has 20 heavy (non-hydrogen) atoms. The third kappa shape index (κ3) is 2.20. The van der Waals surface area contributed by atoms with Gasteiger partial charge in [-0.05, 0) is 28.1 Å². The minimum Gasteiger partial charge on any atom is -0.398 e. The lowest BCUT2D eigenvalue weighted by Crippen LogP contribution is -2.39. The molecule has 1 aromatic heterocycles. The van der Waals surface area contributed by atoms with Crippen LogP contribution in [-0.2, 0) is 14.1 Å². The molecule has 0 spiro atoms. The third-order valence-electron chi connectivity index (χ3n) is 2.96. The first-order valence-corrected chi connectivity index (χ1v) is 6.49. The van der Waals surface area contributed by atoms with E-state index in [2.05, 4.69) is 15.9 Å². The van der Waals surface area contributed by atoms with Gasteiger partial charge in [0, 0.05) is 31.5 Å². The third-order valence-corrected chi connectivity index (χ3v) is 3.85. The average Bonchev–Trinajstić information content (AvgIpc) is 2.43. The van der Waals surface area contributed by atoms with Crippen molar-refractivity contribution in [2.24, 2.45) is 14.1 Å². The monoisotopic (exact) mass is 337 g/mol. The number of aromatic nitrogens is 2. The molecule has 0 atom stereocenters. The first-order chi connectivity index (χ1) is 9.34. The van der Waals surface area contributed by atoms with Gasteiger partial charge in [-0.25, -0.2) is 4.79 Å². The SMILES string of the molecule is Cn1cc(C(=O)c2cccc(N)c2Br)c(=O)n(C)c1=O. The Morgan fingerprint density at radius 1 is 1.20 bits per heavy atom. The van der Waals surface area contributed by atoms with Crippen molar-refractivity contribution in [3.8, 4) is 0 Å². The molecule has 0 saturated heterocycles. The normalized spacial score (nSPS) is 10.6. The topological polar surface area (TPSA) is 87.1 Å². The van der Waals surface area contributed by atoms with Gasteiger partial charge in [0.2, 0.25) is 5.78 Å². The number of nitrogens with zero attached hydrogens (tertiary/aromatic N) is 2. The Morgan fingerprint density at radius 3 is 2.50 bits per heavy atom. The number of carbonyl (C=O) groups is 1. The molecular weight excluding hydrogens is 326 g/mol. The summed E-state index contributed by atoms with van der Waals surface area (Å²) in [7, 11) is 2.81. The van der Waals surface area contributed by atoms with Gasteiger partial charge in [0.05, 0.1) is 4.47 Å². The summed E-state index contributed by atoms with van der Waals surface area (Å²) in [4.78, 5) is 36.1. The van der Waals surface area contributed by atoms with Gasteiger partial charge in [-0.15, -0.1) is 0 Å². The van der Waals surface area contributed by atoms with E-state index in [4.69, 9.17) is 5.73 Å². The number of rotatable bonds is 2. The van der Waals surface area contributed by atoms with Gasteiger partial charge in [-0.3, -0.25) is 14.2 Å². The largest absolute Gasteiger partial charge is 0.398 e. The van der Waals surface area contributed by atoms with Crippen LogP contribution in [0, 0.1) is 0 Å². The van der Waals surface area contributed by atoms with E-state index in [0.29, 0.717) is 10.2 Å². The summed E-state index contributed by atoms with van der Waals surface area (Å²) in [5, 5.41) is 0. The fourth-order valence-corrected chi connectivity index (χ4v) is 2.28. The van der Waals surface area contributed by atoms with Crippen LogP contribution in [0.1, 0.15) is 15.9 Å². The molecule has 1 aromatic carbocycles. The van der Waals surface area contributed by atoms with Crippen molar-refractivity contribution >= 4 is 27.4 Å². The summed E-state index contributed by atoms with van der Waals surface area (Å²) in [5.41, 5.74) is 5.20. The lowest BCUT2D eigenvalue weighted by Gasteiger charge is -2.08. The molecule has 0 aliphatic heterocycles. The highest BCUT2D eigenvalue weighted by Crippen LogP contribution is 2.25. The first-order valence-electron chi connectivity index (χ1n) is 5.70. The average molecular weight is 338 g/mol. The molecule has 6 nitrogen and oxygen atoms in total. The highest BCUT2D eigenvalue weighted by atomic mass is 79.9. The molecule has 0 unspecified atom stereocenters. The molecule has 0 bridgehead atoms. The van der Waals surface area contributed by atoms with Crippen LogP contribution < -0.4 is 17.0 Å². The minimum atomic E-state index is -0.632. The maximum absolute atomic E-state index is 12.4. The number of halogens is 1. The number of nitrogen functional groups attached to an aromatic ring is 1. The summed E-state index contributed by atoms with van der Waals surface area (Å²) in [6.07, 6.45) is 1.24. The standard InChI is InChI=1S/C13H12BrN3O3/c1-16-6-8(12(19)17(2)13(16)20)11(18)7-4-3-5-9(15)10(7)14/h3-6H,15H2,1-2H3. The Hall–Kier alpha value is -2.15. The van der Waals surface area contributed by atoms with Crippen LogP contribution in [0.25, 0.3) is 0 Å². The van der Waals surface area contributed by atoms with Crippen molar-refractivity contribution in [2.45, 2.75) is 0 Å². The van der Waals surface area contributed by atoms with Gasteiger partial charge < -0.3 is 10.3 Å². The summed E-state index contributed by atoms with van der Waals surface area (Å²) in [6.45, 7) is 0. The van der Waals surface area contributed by atoms with Gasteiger partial charge in [-0.2, -0.15) is 0 Å². The van der Waals surface area contributed by atoms with Crippen LogP contribution in [0.15, 0.2) is 38.5 Å². The van der Waals surface area contributed by atoms with E-state index in [-0.39, 0.29) is 11.1 Å². The number of hydrogen-bond acceptors (Lipinski definition) is 4. The van der Waals surface area contributed by atoms with E-state index in [0.717, 1.165) is 4.57 Å². The molecule has 2 N–H and O–H groups in total. The molecule has 0 amide bonds. The van der Waals surface area contributed by atoms with Gasteiger partial charge >= 0.3 is 5.69 Å². The second-order valence-corrected chi connectivity index (χ2v) is 5.13. The van der Waals surface area contributed by atoms with Crippen LogP contribution >= 0.6 is 15.9 Å². The van der Waals surface area contributed by atoms with Crippen molar-refractivity contribution in [3.05, 3.63) is 60.8 Å². The summed E-state index contributed by atoms with van der Waals surface area (Å²) >= 11 is 3.23. The number of ketones is 1. The van der Waals surface area contributed by atoms with Crippen molar-refractivity contribution in [2.75, 3.05) is 5.73 Å². The van der Waals surface area contributed by atoms with E-state index in [1.54, 1.807) is 18.2 Å². The number of benzene rings is 1. The van der Waals surface area contributed by atoms with Gasteiger partial charge in [0.25, 0.3) is 5.56 Å². The predicted molar refractivity (Wildman–Crippen MR) is 78.9 cm³/mol. The zero-order valence-corrected chi connectivity index (χ0v) is 12.5. The second kappa shape index (κ2) is 5.09. The van der Waals surface area contributed by atoms with Crippen molar-refractivity contribution in [3.63, 3.8) is 0 Å². The quantitative estimate of drug-likeness (QED) is 0.644. The molecule has 0 radical (unpaired) electrons. The second-order valence-electron chi connectivity index (χ2n) is 4.34. The Kier molecular flexibility index (Phi) is 3.63. The molecule has 2 aromatic rings. The Labute approximate surface area is 122 Å². The van der Waals surface area contributed by atoms with Gasteiger partial charge in [-0.1, -0.05) is 6.07 Å². The first kappa shape index (κ1) is 14.3. The van der Waals surface area contributed by atoms with Crippen LogP contribution in [0.3, 0.4) is 0 Å². The lowest BCUT2D eigenvalue weighted by atomic mass is 10.1. The van der Waals surface area contributed by atoms with E-state index in [9.17, 15) is 14.4 Å². The van der Waals surface area contributed by atoms with Crippen LogP contribution in [0.4, 0.5) is 5.69 Å². The highest BCUT2D eigenvalue weighted by molar-refractivity contribution is 9.10. The number of aryl methyl sites for hydroxylation is 1. The molecule has 0 saturated carbocycles. The summed E-state index contributed by atoms with van der Waals surface area (Å²) in [5.74, 6) is -0.486. The number of anilines is 1. The van der Waals surface area contributed by atoms with E-state index in [1.165, 1.54) is 24.9 Å². The van der Waals surface area contributed by atoms with Crippen molar-refractivity contribution in [1.82, 2.24) is 9.13 Å². The Balaban J connectivity index is 2.70. The smallest absolute Gasteiger partial charge is 0.330 e. The van der Waals surface area contributed by atoms with Crippen molar-refractivity contribution < 1.29 is 4.79 Å². The zero-order valence-electron chi connectivity index (χ0n) is 10.9. The lowest BCUT2D eigenvalue weighted by molar-refractivity contribution is 0.103. The van der Waals surface area contributed by atoms with Crippen LogP contribution in [0.5, 0.6) is 0 Å². The van der Waals surface area contributed by atoms with Gasteiger partial charge in [0.15, 0.2) is 0 Å². The van der Waals surface area contributed by atoms with Gasteiger partial charge in [0.1, 0.15) is 5.56 Å².